The number of ether oxygens (including phenoxy) is 2. The summed E-state index contributed by atoms with van der Waals surface area (Å²) in [6.07, 6.45) is 1.85. The van der Waals surface area contributed by atoms with Gasteiger partial charge in [-0.05, 0) is 39.8 Å². The molecule has 0 amide bonds. The van der Waals surface area contributed by atoms with Crippen LogP contribution in [0.15, 0.2) is 0 Å². The van der Waals surface area contributed by atoms with Gasteiger partial charge < -0.3 is 14.4 Å². The molecule has 0 aromatic heterocycles. The molecule has 2 rings (SSSR count). The molecule has 2 heterocycles. The van der Waals surface area contributed by atoms with Crippen LogP contribution in [0, 0.1) is 5.92 Å². The van der Waals surface area contributed by atoms with Crippen molar-refractivity contribution in [3.05, 3.63) is 0 Å². The highest BCUT2D eigenvalue weighted by molar-refractivity contribution is 5.72. The molecule has 92 valence electrons. The van der Waals surface area contributed by atoms with Crippen molar-refractivity contribution in [3.8, 4) is 0 Å². The maximum Gasteiger partial charge on any atom is 0.309 e. The molecule has 1 atom stereocenters. The Bertz CT molecular complexity index is 255. The Morgan fingerprint density at radius 2 is 2.12 bits per heavy atom. The summed E-state index contributed by atoms with van der Waals surface area (Å²) >= 11 is 0. The molecule has 0 aliphatic carbocycles. The first kappa shape index (κ1) is 11.9. The number of epoxide rings is 1. The number of carbonyl (C=O) groups is 1. The third-order valence-corrected chi connectivity index (χ3v) is 3.40. The van der Waals surface area contributed by atoms with Crippen LogP contribution in [0.3, 0.4) is 0 Å². The molecule has 2 aliphatic heterocycles. The molecule has 0 spiro atoms. The fraction of sp³-hybridized carbons (Fsp3) is 0.917. The molecule has 2 saturated heterocycles. The SMILES string of the molecule is CCOC(=O)C1CCN(C[C@@]2(C)CO2)CC1. The van der Waals surface area contributed by atoms with Gasteiger partial charge in [-0.25, -0.2) is 0 Å². The van der Waals surface area contributed by atoms with Crippen molar-refractivity contribution in [1.82, 2.24) is 4.90 Å². The van der Waals surface area contributed by atoms with E-state index in [1.807, 2.05) is 6.92 Å². The lowest BCUT2D eigenvalue weighted by atomic mass is 9.96. The first-order chi connectivity index (χ1) is 7.63. The Balaban J connectivity index is 1.71. The lowest BCUT2D eigenvalue weighted by molar-refractivity contribution is -0.149. The predicted octanol–water partition coefficient (Wildman–Crippen LogP) is 1.05. The van der Waals surface area contributed by atoms with Crippen molar-refractivity contribution in [3.63, 3.8) is 0 Å². The van der Waals surface area contributed by atoms with Crippen LogP contribution in [0.4, 0.5) is 0 Å². The second-order valence-corrected chi connectivity index (χ2v) is 5.04. The molecular weight excluding hydrogens is 206 g/mol. The average molecular weight is 227 g/mol. The zero-order chi connectivity index (χ0) is 11.6. The number of hydrogen-bond acceptors (Lipinski definition) is 4. The van der Waals surface area contributed by atoms with Crippen molar-refractivity contribution in [2.24, 2.45) is 5.92 Å². The van der Waals surface area contributed by atoms with E-state index in [4.69, 9.17) is 9.47 Å². The molecule has 2 aliphatic rings. The smallest absolute Gasteiger partial charge is 0.309 e. The molecule has 0 aromatic carbocycles. The van der Waals surface area contributed by atoms with E-state index < -0.39 is 0 Å². The Hall–Kier alpha value is -0.610. The molecule has 0 unspecified atom stereocenters. The minimum atomic E-state index is -0.0176. The Kier molecular flexibility index (Phi) is 3.50. The van der Waals surface area contributed by atoms with Gasteiger partial charge in [0, 0.05) is 6.54 Å². The van der Waals surface area contributed by atoms with Crippen molar-refractivity contribution in [2.45, 2.75) is 32.3 Å². The van der Waals surface area contributed by atoms with E-state index in [0.29, 0.717) is 6.61 Å². The molecule has 0 N–H and O–H groups in total. The van der Waals surface area contributed by atoms with Crippen LogP contribution in [0.5, 0.6) is 0 Å². The Morgan fingerprint density at radius 3 is 2.62 bits per heavy atom. The summed E-state index contributed by atoms with van der Waals surface area (Å²) in [5.74, 6) is 0.0974. The van der Waals surface area contributed by atoms with Gasteiger partial charge in [0.1, 0.15) is 5.60 Å². The summed E-state index contributed by atoms with van der Waals surface area (Å²) < 4.78 is 10.4. The molecule has 0 bridgehead atoms. The van der Waals surface area contributed by atoms with Crippen molar-refractivity contribution < 1.29 is 14.3 Å². The fourth-order valence-corrected chi connectivity index (χ4v) is 2.27. The summed E-state index contributed by atoms with van der Waals surface area (Å²) in [5.41, 5.74) is 0.0940. The normalized spacial score (nSPS) is 31.4. The predicted molar refractivity (Wildman–Crippen MR) is 60.2 cm³/mol. The van der Waals surface area contributed by atoms with Gasteiger partial charge in [0.2, 0.25) is 0 Å². The monoisotopic (exact) mass is 227 g/mol. The molecule has 4 nitrogen and oxygen atoms in total. The number of carbonyl (C=O) groups excluding carboxylic acids is 1. The molecule has 0 aromatic rings. The van der Waals surface area contributed by atoms with Gasteiger partial charge in [-0.3, -0.25) is 4.79 Å². The second-order valence-electron chi connectivity index (χ2n) is 5.04. The van der Waals surface area contributed by atoms with Crippen LogP contribution >= 0.6 is 0 Å². The molecular formula is C12H21NO3. The number of nitrogens with zero attached hydrogens (tertiary/aromatic N) is 1. The van der Waals surface area contributed by atoms with Gasteiger partial charge in [-0.1, -0.05) is 0 Å². The zero-order valence-electron chi connectivity index (χ0n) is 10.2. The highest BCUT2D eigenvalue weighted by Gasteiger charge is 2.41. The number of hydrogen-bond donors (Lipinski definition) is 0. The summed E-state index contributed by atoms with van der Waals surface area (Å²) in [6, 6.07) is 0. The van der Waals surface area contributed by atoms with E-state index in [9.17, 15) is 4.79 Å². The van der Waals surface area contributed by atoms with Crippen LogP contribution in [0.25, 0.3) is 0 Å². The molecule has 4 heteroatoms. The van der Waals surface area contributed by atoms with E-state index >= 15 is 0 Å². The summed E-state index contributed by atoms with van der Waals surface area (Å²) in [7, 11) is 0. The highest BCUT2D eigenvalue weighted by Crippen LogP contribution is 2.29. The van der Waals surface area contributed by atoms with E-state index in [-0.39, 0.29) is 17.5 Å². The molecule has 0 saturated carbocycles. The zero-order valence-corrected chi connectivity index (χ0v) is 10.2. The molecule has 0 radical (unpaired) electrons. The summed E-state index contributed by atoms with van der Waals surface area (Å²) in [4.78, 5) is 13.9. The van der Waals surface area contributed by atoms with Crippen molar-refractivity contribution >= 4 is 5.97 Å². The Labute approximate surface area is 96.9 Å². The van der Waals surface area contributed by atoms with Crippen molar-refractivity contribution in [2.75, 3.05) is 32.8 Å². The van der Waals surface area contributed by atoms with Crippen LogP contribution in [-0.2, 0) is 14.3 Å². The molecule has 16 heavy (non-hydrogen) atoms. The summed E-state index contributed by atoms with van der Waals surface area (Å²) in [6.45, 7) is 8.35. The summed E-state index contributed by atoms with van der Waals surface area (Å²) in [5, 5.41) is 0. The quantitative estimate of drug-likeness (QED) is 0.532. The number of piperidine rings is 1. The Morgan fingerprint density at radius 1 is 1.50 bits per heavy atom. The van der Waals surface area contributed by atoms with Crippen LogP contribution in [-0.4, -0.2) is 49.3 Å². The van der Waals surface area contributed by atoms with Crippen LogP contribution < -0.4 is 0 Å². The van der Waals surface area contributed by atoms with Gasteiger partial charge in [0.05, 0.1) is 19.1 Å². The van der Waals surface area contributed by atoms with E-state index in [1.165, 1.54) is 0 Å². The number of rotatable bonds is 4. The van der Waals surface area contributed by atoms with Crippen LogP contribution in [0.2, 0.25) is 0 Å². The van der Waals surface area contributed by atoms with Gasteiger partial charge in [0.25, 0.3) is 0 Å². The third kappa shape index (κ3) is 2.95. The van der Waals surface area contributed by atoms with E-state index in [1.54, 1.807) is 0 Å². The third-order valence-electron chi connectivity index (χ3n) is 3.40. The second kappa shape index (κ2) is 4.72. The minimum absolute atomic E-state index is 0.0176. The van der Waals surface area contributed by atoms with Crippen LogP contribution in [0.1, 0.15) is 26.7 Å². The van der Waals surface area contributed by atoms with E-state index in [0.717, 1.165) is 39.1 Å². The van der Waals surface area contributed by atoms with Gasteiger partial charge >= 0.3 is 5.97 Å². The first-order valence-electron chi connectivity index (χ1n) is 6.16. The average Bonchev–Trinajstić information content (AvgIpc) is 2.97. The molecule has 2 fully saturated rings. The first-order valence-corrected chi connectivity index (χ1v) is 6.16. The number of likely N-dealkylation sites (tertiary alicyclic amines) is 1. The maximum atomic E-state index is 11.5. The van der Waals surface area contributed by atoms with Gasteiger partial charge in [-0.2, -0.15) is 0 Å². The number of esters is 1. The fourth-order valence-electron chi connectivity index (χ4n) is 2.27. The maximum absolute atomic E-state index is 11.5. The lowest BCUT2D eigenvalue weighted by Crippen LogP contribution is -2.41. The van der Waals surface area contributed by atoms with Gasteiger partial charge in [-0.15, -0.1) is 0 Å². The largest absolute Gasteiger partial charge is 0.466 e. The highest BCUT2D eigenvalue weighted by atomic mass is 16.6. The minimum Gasteiger partial charge on any atom is -0.466 e. The van der Waals surface area contributed by atoms with E-state index in [2.05, 4.69) is 11.8 Å². The van der Waals surface area contributed by atoms with Gasteiger partial charge in [0.15, 0.2) is 0 Å². The lowest BCUT2D eigenvalue weighted by Gasteiger charge is -2.31. The topological polar surface area (TPSA) is 42.1 Å². The van der Waals surface area contributed by atoms with Crippen molar-refractivity contribution in [1.29, 1.82) is 0 Å². The standard InChI is InChI=1S/C12H21NO3/c1-3-15-11(14)10-4-6-13(7-5-10)8-12(2)9-16-12/h10H,3-9H2,1-2H3/t12-/m0/s1.